The second kappa shape index (κ2) is 5.27. The van der Waals surface area contributed by atoms with Crippen LogP contribution in [0.25, 0.3) is 0 Å². The molecule has 3 unspecified atom stereocenters. The molecule has 2 fully saturated rings. The minimum Gasteiger partial charge on any atom is -0.504 e. The molecule has 21 heavy (non-hydrogen) atoms. The molecular formula is C15H18N2O4. The summed E-state index contributed by atoms with van der Waals surface area (Å²) in [6.07, 6.45) is 6.76. The molecule has 3 rings (SSSR count). The Labute approximate surface area is 122 Å². The van der Waals surface area contributed by atoms with Crippen LogP contribution >= 0.6 is 0 Å². The Hall–Kier alpha value is -2.24. The minimum atomic E-state index is -0.642. The minimum absolute atomic E-state index is 0.0351. The van der Waals surface area contributed by atoms with Gasteiger partial charge < -0.3 is 15.3 Å². The van der Waals surface area contributed by atoms with Gasteiger partial charge in [-0.2, -0.15) is 5.10 Å². The first-order valence-electron chi connectivity index (χ1n) is 7.13. The van der Waals surface area contributed by atoms with E-state index in [-0.39, 0.29) is 5.56 Å². The number of hydrogen-bond donors (Lipinski definition) is 4. The molecule has 6 heteroatoms. The molecule has 1 amide bonds. The van der Waals surface area contributed by atoms with E-state index in [2.05, 4.69) is 10.5 Å². The maximum Gasteiger partial charge on any atom is 0.271 e. The van der Waals surface area contributed by atoms with E-state index in [0.29, 0.717) is 11.8 Å². The Kier molecular flexibility index (Phi) is 3.45. The van der Waals surface area contributed by atoms with Gasteiger partial charge in [0.05, 0.1) is 0 Å². The molecule has 2 aliphatic rings. The molecular weight excluding hydrogens is 272 g/mol. The van der Waals surface area contributed by atoms with Crippen LogP contribution in [-0.2, 0) is 0 Å². The van der Waals surface area contributed by atoms with E-state index in [1.807, 2.05) is 0 Å². The van der Waals surface area contributed by atoms with Gasteiger partial charge >= 0.3 is 0 Å². The first kappa shape index (κ1) is 13.7. The molecule has 2 aliphatic carbocycles. The van der Waals surface area contributed by atoms with Crippen molar-refractivity contribution in [2.45, 2.75) is 25.7 Å². The van der Waals surface area contributed by atoms with E-state index < -0.39 is 23.2 Å². The number of phenolic OH excluding ortho intramolecular Hbond substituents is 3. The van der Waals surface area contributed by atoms with Crippen molar-refractivity contribution in [1.82, 2.24) is 5.43 Å². The molecule has 2 saturated carbocycles. The van der Waals surface area contributed by atoms with Gasteiger partial charge in [-0.25, -0.2) is 5.43 Å². The Morgan fingerprint density at radius 1 is 1.19 bits per heavy atom. The molecule has 0 aliphatic heterocycles. The van der Waals surface area contributed by atoms with Crippen LogP contribution in [-0.4, -0.2) is 27.4 Å². The van der Waals surface area contributed by atoms with Crippen LogP contribution in [0.4, 0.5) is 0 Å². The summed E-state index contributed by atoms with van der Waals surface area (Å²) >= 11 is 0. The second-order valence-electron chi connectivity index (χ2n) is 5.92. The van der Waals surface area contributed by atoms with E-state index in [0.717, 1.165) is 24.5 Å². The first-order chi connectivity index (χ1) is 10.0. The van der Waals surface area contributed by atoms with Gasteiger partial charge in [-0.05, 0) is 49.1 Å². The summed E-state index contributed by atoms with van der Waals surface area (Å²) in [6.45, 7) is 0. The third-order valence-corrected chi connectivity index (χ3v) is 4.56. The number of nitrogens with one attached hydrogen (secondary N) is 1. The van der Waals surface area contributed by atoms with Crippen molar-refractivity contribution in [3.05, 3.63) is 17.7 Å². The third kappa shape index (κ3) is 2.66. The Morgan fingerprint density at radius 3 is 2.48 bits per heavy atom. The summed E-state index contributed by atoms with van der Waals surface area (Å²) in [5.74, 6) is -0.331. The molecule has 0 saturated heterocycles. The van der Waals surface area contributed by atoms with E-state index >= 15 is 0 Å². The number of fused-ring (bicyclic) bond motifs is 2. The van der Waals surface area contributed by atoms with Gasteiger partial charge in [0.25, 0.3) is 5.91 Å². The smallest absolute Gasteiger partial charge is 0.271 e. The number of amides is 1. The number of nitrogens with zero attached hydrogens (tertiary/aromatic N) is 1. The number of phenols is 3. The highest BCUT2D eigenvalue weighted by Crippen LogP contribution is 2.47. The van der Waals surface area contributed by atoms with Gasteiger partial charge in [0.2, 0.25) is 0 Å². The highest BCUT2D eigenvalue weighted by atomic mass is 16.3. The largest absolute Gasteiger partial charge is 0.504 e. The third-order valence-electron chi connectivity index (χ3n) is 4.56. The van der Waals surface area contributed by atoms with Gasteiger partial charge in [0.15, 0.2) is 17.2 Å². The van der Waals surface area contributed by atoms with Crippen molar-refractivity contribution >= 4 is 12.1 Å². The van der Waals surface area contributed by atoms with Gasteiger partial charge in [-0.15, -0.1) is 0 Å². The second-order valence-corrected chi connectivity index (χ2v) is 5.92. The van der Waals surface area contributed by atoms with Gasteiger partial charge in [-0.3, -0.25) is 4.79 Å². The average molecular weight is 290 g/mol. The van der Waals surface area contributed by atoms with E-state index in [9.17, 15) is 20.1 Å². The molecule has 0 aromatic heterocycles. The number of carbonyl (C=O) groups excluding carboxylic acids is 1. The van der Waals surface area contributed by atoms with Crippen LogP contribution in [0.2, 0.25) is 0 Å². The summed E-state index contributed by atoms with van der Waals surface area (Å²) in [5, 5.41) is 32.0. The summed E-state index contributed by atoms with van der Waals surface area (Å²) in [4.78, 5) is 11.9. The lowest BCUT2D eigenvalue weighted by Crippen LogP contribution is -2.20. The Bertz CT molecular complexity index is 576. The van der Waals surface area contributed by atoms with Crippen LogP contribution in [0.1, 0.15) is 36.0 Å². The number of rotatable bonds is 3. The fourth-order valence-electron chi connectivity index (χ4n) is 3.47. The lowest BCUT2D eigenvalue weighted by molar-refractivity contribution is 0.0954. The van der Waals surface area contributed by atoms with Gasteiger partial charge in [0, 0.05) is 11.8 Å². The molecule has 3 atom stereocenters. The van der Waals surface area contributed by atoms with Crippen molar-refractivity contribution in [2.75, 3.05) is 0 Å². The number of aromatic hydroxyl groups is 3. The summed E-state index contributed by atoms with van der Waals surface area (Å²) in [5.41, 5.74) is 2.42. The summed E-state index contributed by atoms with van der Waals surface area (Å²) < 4.78 is 0. The van der Waals surface area contributed by atoms with Crippen LogP contribution in [0.3, 0.4) is 0 Å². The van der Waals surface area contributed by atoms with Crippen molar-refractivity contribution < 1.29 is 20.1 Å². The maximum absolute atomic E-state index is 11.9. The van der Waals surface area contributed by atoms with Crippen molar-refractivity contribution in [1.29, 1.82) is 0 Å². The number of benzene rings is 1. The topological polar surface area (TPSA) is 102 Å². The van der Waals surface area contributed by atoms with E-state index in [1.54, 1.807) is 6.21 Å². The normalized spacial score (nSPS) is 27.3. The molecule has 6 nitrogen and oxygen atoms in total. The van der Waals surface area contributed by atoms with Gasteiger partial charge in [-0.1, -0.05) is 6.42 Å². The zero-order valence-corrected chi connectivity index (χ0v) is 11.5. The molecule has 2 bridgehead atoms. The SMILES string of the molecule is O=C(NN=CC1CC2CCC1C2)c1cc(O)c(O)c(O)c1. The molecule has 0 radical (unpaired) electrons. The van der Waals surface area contributed by atoms with Crippen molar-refractivity contribution in [3.63, 3.8) is 0 Å². The molecule has 112 valence electrons. The molecule has 0 spiro atoms. The lowest BCUT2D eigenvalue weighted by Gasteiger charge is -2.16. The maximum atomic E-state index is 11.9. The summed E-state index contributed by atoms with van der Waals surface area (Å²) in [6, 6.07) is 2.16. The fourth-order valence-corrected chi connectivity index (χ4v) is 3.47. The zero-order chi connectivity index (χ0) is 15.0. The van der Waals surface area contributed by atoms with Crippen LogP contribution in [0, 0.1) is 17.8 Å². The Balaban J connectivity index is 1.61. The number of hydrogen-bond acceptors (Lipinski definition) is 5. The van der Waals surface area contributed by atoms with E-state index in [4.69, 9.17) is 0 Å². The predicted octanol–water partition coefficient (Wildman–Crippen LogP) is 1.96. The molecule has 0 heterocycles. The summed E-state index contributed by atoms with van der Waals surface area (Å²) in [7, 11) is 0. The predicted molar refractivity (Wildman–Crippen MR) is 76.3 cm³/mol. The highest BCUT2D eigenvalue weighted by Gasteiger charge is 2.38. The van der Waals surface area contributed by atoms with Crippen molar-refractivity contribution in [2.24, 2.45) is 22.9 Å². The van der Waals surface area contributed by atoms with Crippen molar-refractivity contribution in [3.8, 4) is 17.2 Å². The zero-order valence-electron chi connectivity index (χ0n) is 11.5. The standard InChI is InChI=1S/C15H18N2O4/c18-12-5-10(6-13(19)14(12)20)15(21)17-16-7-11-4-8-1-2-9(11)3-8/h5-9,11,18-20H,1-4H2,(H,17,21). The molecule has 1 aromatic carbocycles. The number of hydrazone groups is 1. The lowest BCUT2D eigenvalue weighted by atomic mass is 9.90. The van der Waals surface area contributed by atoms with E-state index in [1.165, 1.54) is 19.3 Å². The quantitative estimate of drug-likeness (QED) is 0.388. The van der Waals surface area contributed by atoms with Crippen LogP contribution in [0.5, 0.6) is 17.2 Å². The molecule has 4 N–H and O–H groups in total. The fraction of sp³-hybridized carbons (Fsp3) is 0.467. The first-order valence-corrected chi connectivity index (χ1v) is 7.13. The Morgan fingerprint density at radius 2 is 1.90 bits per heavy atom. The van der Waals surface area contributed by atoms with Gasteiger partial charge in [0.1, 0.15) is 0 Å². The number of carbonyl (C=O) groups is 1. The van der Waals surface area contributed by atoms with Crippen LogP contribution < -0.4 is 5.43 Å². The highest BCUT2D eigenvalue weighted by molar-refractivity contribution is 5.95. The molecule has 1 aromatic rings. The monoisotopic (exact) mass is 290 g/mol. The average Bonchev–Trinajstić information content (AvgIpc) is 3.06. The van der Waals surface area contributed by atoms with Crippen LogP contribution in [0.15, 0.2) is 17.2 Å².